The van der Waals surface area contributed by atoms with Crippen molar-refractivity contribution in [3.05, 3.63) is 90.0 Å². The molecule has 330 valence electrons. The van der Waals surface area contributed by atoms with E-state index in [1.165, 1.54) is 11.2 Å². The number of benzene rings is 2. The largest absolute Gasteiger partial charge is 0.443 e. The highest BCUT2D eigenvalue weighted by molar-refractivity contribution is 5.99. The summed E-state index contributed by atoms with van der Waals surface area (Å²) in [5.74, 6) is -3.69. The van der Waals surface area contributed by atoms with Crippen molar-refractivity contribution in [1.82, 2.24) is 46.2 Å². The van der Waals surface area contributed by atoms with E-state index in [1.54, 1.807) is 25.3 Å². The Morgan fingerprint density at radius 1 is 0.742 bits per heavy atom. The number of imidazole rings is 1. The number of ketones is 1. The molecule has 4 aliphatic heterocycles. The molecule has 17 heteroatoms. The monoisotopic (exact) mass is 851 g/mol. The predicted octanol–water partition coefficient (Wildman–Crippen LogP) is 2.32. The number of Topliss-reactive ketones (excluding diaryl/α,β-unsaturated/α-hetero) is 1. The molecule has 0 saturated carbocycles. The molecule has 4 aliphatic rings. The highest BCUT2D eigenvalue weighted by Gasteiger charge is 2.47. The number of fused-ring (bicyclic) bond motifs is 4. The molecule has 5 heterocycles. The number of rotatable bonds is 8. The summed E-state index contributed by atoms with van der Waals surface area (Å²) < 4.78 is 5.74. The van der Waals surface area contributed by atoms with Crippen molar-refractivity contribution in [3.8, 4) is 0 Å². The van der Waals surface area contributed by atoms with Gasteiger partial charge in [-0.3, -0.25) is 34.1 Å². The molecule has 17 nitrogen and oxygen atoms in total. The number of hydrogen-bond donors (Lipinski definition) is 5. The molecule has 8 atom stereocenters. The number of piperidine rings is 1. The van der Waals surface area contributed by atoms with Crippen LogP contribution >= 0.6 is 0 Å². The second kappa shape index (κ2) is 20.2. The number of nitrogens with zero attached hydrogens (tertiary/aromatic N) is 4. The van der Waals surface area contributed by atoms with Gasteiger partial charge in [-0.25, -0.2) is 19.8 Å². The molecular weight excluding hydrogens is 795 g/mol. The van der Waals surface area contributed by atoms with Gasteiger partial charge in [-0.2, -0.15) is 0 Å². The van der Waals surface area contributed by atoms with E-state index in [9.17, 15) is 28.8 Å². The molecule has 1 unspecified atom stereocenters. The highest BCUT2D eigenvalue weighted by atomic mass is 16.6. The van der Waals surface area contributed by atoms with Gasteiger partial charge < -0.3 is 30.6 Å². The van der Waals surface area contributed by atoms with Crippen LogP contribution in [0.15, 0.2) is 73.2 Å². The quantitative estimate of drug-likeness (QED) is 0.223. The van der Waals surface area contributed by atoms with Gasteiger partial charge >= 0.3 is 6.09 Å². The Hall–Kier alpha value is -6.10. The first-order chi connectivity index (χ1) is 30.0. The van der Waals surface area contributed by atoms with Gasteiger partial charge in [-0.15, -0.1) is 0 Å². The lowest BCUT2D eigenvalue weighted by Crippen LogP contribution is -2.67. The van der Waals surface area contributed by atoms with Crippen LogP contribution in [0.2, 0.25) is 0 Å². The maximum atomic E-state index is 15.2. The minimum absolute atomic E-state index is 0.0654. The second-order valence-electron chi connectivity index (χ2n) is 16.8. The molecule has 3 aromatic rings. The molecule has 5 N–H and O–H groups in total. The summed E-state index contributed by atoms with van der Waals surface area (Å²) in [6, 6.07) is 10.9. The SMILES string of the molecule is CC[C@H](C)[C@@H]1NC(=O)[C@@H](Cc2ccccc2)NC(=O)[C@@H]2CCCN2C(=O)[C@@H](Cc2cnc[nH]2)NC(=O)[C@@H]2CCCC(N2)C(=O)[C@H]2CCCN(C(=O)OCc3ccccc3)N2C1=O. The third-order valence-corrected chi connectivity index (χ3v) is 12.5. The van der Waals surface area contributed by atoms with Crippen LogP contribution in [-0.4, -0.2) is 122 Å². The van der Waals surface area contributed by atoms with E-state index < -0.39 is 83.8 Å². The summed E-state index contributed by atoms with van der Waals surface area (Å²) in [7, 11) is 0. The maximum absolute atomic E-state index is 15.2. The number of carbonyl (C=O) groups is 7. The van der Waals surface area contributed by atoms with E-state index in [1.807, 2.05) is 55.5 Å². The number of H-pyrrole nitrogens is 1. The van der Waals surface area contributed by atoms with Gasteiger partial charge in [0.15, 0.2) is 5.78 Å². The Bertz CT molecular complexity index is 2070. The van der Waals surface area contributed by atoms with Crippen LogP contribution in [0.4, 0.5) is 4.79 Å². The average Bonchev–Trinajstić information content (AvgIpc) is 4.02. The molecule has 0 radical (unpaired) electrons. The molecule has 2 aromatic carbocycles. The lowest BCUT2D eigenvalue weighted by atomic mass is 9.89. The van der Waals surface area contributed by atoms with Gasteiger partial charge in [-0.1, -0.05) is 80.9 Å². The number of amides is 6. The summed E-state index contributed by atoms with van der Waals surface area (Å²) in [6.45, 7) is 3.92. The minimum atomic E-state index is -1.23. The number of aromatic amines is 1. The zero-order chi connectivity index (χ0) is 43.8. The maximum Gasteiger partial charge on any atom is 0.429 e. The smallest absolute Gasteiger partial charge is 0.429 e. The van der Waals surface area contributed by atoms with E-state index >= 15 is 4.79 Å². The van der Waals surface area contributed by atoms with Crippen molar-refractivity contribution >= 4 is 41.4 Å². The molecule has 62 heavy (non-hydrogen) atoms. The van der Waals surface area contributed by atoms with Crippen molar-refractivity contribution in [2.45, 2.75) is 127 Å². The topological polar surface area (TPSA) is 215 Å². The van der Waals surface area contributed by atoms with Crippen molar-refractivity contribution in [3.63, 3.8) is 0 Å². The van der Waals surface area contributed by atoms with Gasteiger partial charge in [-0.05, 0) is 62.0 Å². The number of aromatic nitrogens is 2. The molecule has 4 saturated heterocycles. The van der Waals surface area contributed by atoms with Crippen LogP contribution < -0.4 is 21.3 Å². The summed E-state index contributed by atoms with van der Waals surface area (Å²) >= 11 is 0. The Balaban J connectivity index is 1.27. The van der Waals surface area contributed by atoms with E-state index in [-0.39, 0.29) is 44.7 Å². The number of ether oxygens (including phenoxy) is 1. The van der Waals surface area contributed by atoms with E-state index in [0.29, 0.717) is 50.6 Å². The Morgan fingerprint density at radius 3 is 2.13 bits per heavy atom. The number of hydrogen-bond acceptors (Lipinski definition) is 10. The lowest BCUT2D eigenvalue weighted by molar-refractivity contribution is -0.167. The van der Waals surface area contributed by atoms with Crippen LogP contribution in [0.25, 0.3) is 0 Å². The minimum Gasteiger partial charge on any atom is -0.443 e. The molecule has 1 aromatic heterocycles. The van der Waals surface area contributed by atoms with E-state index in [4.69, 9.17) is 4.74 Å². The zero-order valence-corrected chi connectivity index (χ0v) is 35.3. The number of hydrazine groups is 1. The lowest BCUT2D eigenvalue weighted by Gasteiger charge is -2.45. The standard InChI is InChI=1S/C45H57N9O8/c1-3-28(2)38-44(60)54-36(19-12-22-53(54)45(61)62-26-30-15-8-5-9-16-30)39(55)32-17-10-18-33(48-32)40(56)50-35(24-31-25-46-27-47-31)43(59)52-21-11-20-37(52)42(58)49-34(41(57)51-38)23-29-13-6-4-7-14-29/h4-9,13-16,25,27-28,32-38,48H,3,10-12,17-24,26H2,1-2H3,(H,46,47)(H,49,58)(H,50,56)(H,51,57)/t28-,32?,33-,34+,35+,36+,37-,38-/m0/s1. The molecule has 4 fully saturated rings. The molecule has 0 aliphatic carbocycles. The summed E-state index contributed by atoms with van der Waals surface area (Å²) in [5, 5.41) is 14.3. The van der Waals surface area contributed by atoms with Crippen LogP contribution in [0.1, 0.15) is 82.0 Å². The zero-order valence-electron chi connectivity index (χ0n) is 35.3. The summed E-state index contributed by atoms with van der Waals surface area (Å²) in [6.07, 6.45) is 5.46. The first-order valence-electron chi connectivity index (χ1n) is 21.9. The predicted molar refractivity (Wildman–Crippen MR) is 225 cm³/mol. The van der Waals surface area contributed by atoms with Crippen LogP contribution in [-0.2, 0) is 53.0 Å². The van der Waals surface area contributed by atoms with E-state index in [2.05, 4.69) is 31.2 Å². The van der Waals surface area contributed by atoms with Crippen molar-refractivity contribution in [2.24, 2.45) is 5.92 Å². The first kappa shape index (κ1) is 44.0. The van der Waals surface area contributed by atoms with Crippen LogP contribution in [0.3, 0.4) is 0 Å². The van der Waals surface area contributed by atoms with Gasteiger partial charge in [0.2, 0.25) is 23.6 Å². The third kappa shape index (κ3) is 10.2. The summed E-state index contributed by atoms with van der Waals surface area (Å²) in [5.41, 5.74) is 2.07. The number of carbonyl (C=O) groups excluding carboxylic acids is 7. The normalized spacial score (nSPS) is 27.1. The Morgan fingerprint density at radius 2 is 1.42 bits per heavy atom. The molecular formula is C45H57N9O8. The van der Waals surface area contributed by atoms with Crippen LogP contribution in [0, 0.1) is 5.92 Å². The fraction of sp³-hybridized carbons (Fsp3) is 0.511. The van der Waals surface area contributed by atoms with Gasteiger partial charge in [0.1, 0.15) is 36.8 Å². The molecule has 7 rings (SSSR count). The average molecular weight is 852 g/mol. The van der Waals surface area contributed by atoms with Crippen LogP contribution in [0.5, 0.6) is 0 Å². The molecule has 6 amide bonds. The summed E-state index contributed by atoms with van der Waals surface area (Å²) in [4.78, 5) is 110. The highest BCUT2D eigenvalue weighted by Crippen LogP contribution is 2.28. The van der Waals surface area contributed by atoms with Gasteiger partial charge in [0, 0.05) is 37.8 Å². The molecule has 0 spiro atoms. The number of nitrogens with one attached hydrogen (secondary N) is 5. The van der Waals surface area contributed by atoms with Gasteiger partial charge in [0.25, 0.3) is 5.91 Å². The van der Waals surface area contributed by atoms with E-state index in [0.717, 1.165) is 21.1 Å². The Kier molecular flexibility index (Phi) is 14.3. The van der Waals surface area contributed by atoms with Crippen molar-refractivity contribution < 1.29 is 38.3 Å². The second-order valence-corrected chi connectivity index (χ2v) is 16.8. The Labute approximate surface area is 361 Å². The first-order valence-corrected chi connectivity index (χ1v) is 21.9. The fourth-order valence-electron chi connectivity index (χ4n) is 8.94. The van der Waals surface area contributed by atoms with Crippen molar-refractivity contribution in [2.75, 3.05) is 13.1 Å². The fourth-order valence-corrected chi connectivity index (χ4v) is 8.94. The molecule has 2 bridgehead atoms. The van der Waals surface area contributed by atoms with Gasteiger partial charge in [0.05, 0.1) is 18.4 Å². The third-order valence-electron chi connectivity index (χ3n) is 12.5. The van der Waals surface area contributed by atoms with Crippen molar-refractivity contribution in [1.29, 1.82) is 0 Å².